The molecule has 4 nitrogen and oxygen atoms in total. The van der Waals surface area contributed by atoms with Crippen molar-refractivity contribution >= 4 is 23.3 Å². The maximum Gasteiger partial charge on any atom is 0.198 e. The highest BCUT2D eigenvalue weighted by molar-refractivity contribution is 6.40. The molecule has 0 aromatic heterocycles. The zero-order valence-electron chi connectivity index (χ0n) is 18.7. The highest BCUT2D eigenvalue weighted by Gasteiger charge is 2.35. The molecular formula is C29H25NO3. The molecule has 164 valence electrons. The van der Waals surface area contributed by atoms with Gasteiger partial charge in [0.05, 0.1) is 5.57 Å². The van der Waals surface area contributed by atoms with Crippen molar-refractivity contribution in [1.29, 1.82) is 0 Å². The summed E-state index contributed by atoms with van der Waals surface area (Å²) in [6, 6.07) is 11.6. The van der Waals surface area contributed by atoms with Crippen LogP contribution in [0.15, 0.2) is 77.3 Å². The van der Waals surface area contributed by atoms with Gasteiger partial charge in [0, 0.05) is 29.9 Å². The van der Waals surface area contributed by atoms with Crippen molar-refractivity contribution < 1.29 is 14.3 Å². The lowest BCUT2D eigenvalue weighted by Crippen LogP contribution is -2.34. The summed E-state index contributed by atoms with van der Waals surface area (Å²) in [5.74, 6) is 0.860. The number of benzene rings is 2. The first-order chi connectivity index (χ1) is 16.1. The Hall–Kier alpha value is -3.66. The van der Waals surface area contributed by atoms with Crippen LogP contribution in [0.5, 0.6) is 0 Å². The molecule has 3 heterocycles. The summed E-state index contributed by atoms with van der Waals surface area (Å²) >= 11 is 0. The molecule has 1 aliphatic carbocycles. The Morgan fingerprint density at radius 3 is 2.15 bits per heavy atom. The molecule has 0 bridgehead atoms. The zero-order valence-corrected chi connectivity index (χ0v) is 18.7. The Morgan fingerprint density at radius 1 is 0.879 bits per heavy atom. The third kappa shape index (κ3) is 3.37. The lowest BCUT2D eigenvalue weighted by molar-refractivity contribution is 0.0988. The van der Waals surface area contributed by atoms with E-state index in [0.717, 1.165) is 12.8 Å². The van der Waals surface area contributed by atoms with Crippen LogP contribution in [0.1, 0.15) is 57.2 Å². The topological polar surface area (TPSA) is 46.6 Å². The van der Waals surface area contributed by atoms with Crippen LogP contribution in [-0.2, 0) is 17.6 Å². The number of ether oxygens (including phenoxy) is 1. The number of hydrogen-bond acceptors (Lipinski definition) is 4. The van der Waals surface area contributed by atoms with Crippen LogP contribution in [0.3, 0.4) is 0 Å². The van der Waals surface area contributed by atoms with Gasteiger partial charge in [0.2, 0.25) is 0 Å². The van der Waals surface area contributed by atoms with Gasteiger partial charge in [-0.25, -0.2) is 0 Å². The number of carbonyl (C=O) groups is 2. The summed E-state index contributed by atoms with van der Waals surface area (Å²) < 4.78 is 5.91. The third-order valence-corrected chi connectivity index (χ3v) is 6.89. The molecule has 3 aliphatic heterocycles. The number of Topliss-reactive ketones (excluding diaryl/α,β-unsaturated/α-hetero) is 2. The summed E-state index contributed by atoms with van der Waals surface area (Å²) in [4.78, 5) is 28.4. The summed E-state index contributed by atoms with van der Waals surface area (Å²) in [5, 5.41) is 0. The van der Waals surface area contributed by atoms with Crippen molar-refractivity contribution in [3.05, 3.63) is 105 Å². The molecule has 2 aromatic carbocycles. The van der Waals surface area contributed by atoms with Crippen molar-refractivity contribution in [2.75, 3.05) is 18.0 Å². The highest BCUT2D eigenvalue weighted by atomic mass is 16.5. The Labute approximate surface area is 193 Å². The average Bonchev–Trinajstić information content (AvgIpc) is 3.08. The molecule has 0 N–H and O–H groups in total. The largest absolute Gasteiger partial charge is 0.462 e. The second-order valence-electron chi connectivity index (χ2n) is 9.15. The molecule has 0 amide bonds. The van der Waals surface area contributed by atoms with Gasteiger partial charge in [-0.1, -0.05) is 30.3 Å². The van der Waals surface area contributed by atoms with Crippen LogP contribution in [-0.4, -0.2) is 24.7 Å². The van der Waals surface area contributed by atoms with Crippen LogP contribution in [0, 0.1) is 0 Å². The fourth-order valence-corrected chi connectivity index (χ4v) is 5.50. The van der Waals surface area contributed by atoms with Gasteiger partial charge in [-0.2, -0.15) is 0 Å². The normalized spacial score (nSPS) is 19.4. The van der Waals surface area contributed by atoms with Crippen molar-refractivity contribution in [3.63, 3.8) is 0 Å². The number of allylic oxidation sites excluding steroid dienone is 6. The van der Waals surface area contributed by atoms with Crippen LogP contribution >= 0.6 is 0 Å². The fourth-order valence-electron chi connectivity index (χ4n) is 5.50. The summed E-state index contributed by atoms with van der Waals surface area (Å²) in [5.41, 5.74) is 7.30. The van der Waals surface area contributed by atoms with Gasteiger partial charge < -0.3 is 9.64 Å². The van der Waals surface area contributed by atoms with Gasteiger partial charge >= 0.3 is 0 Å². The number of carbonyl (C=O) groups excluding carboxylic acids is 2. The van der Waals surface area contributed by atoms with Crippen molar-refractivity contribution in [2.45, 2.75) is 32.6 Å². The van der Waals surface area contributed by atoms with E-state index in [1.54, 1.807) is 36.4 Å². The maximum atomic E-state index is 12.9. The quantitative estimate of drug-likeness (QED) is 0.456. The van der Waals surface area contributed by atoms with Gasteiger partial charge in [0.25, 0.3) is 0 Å². The zero-order chi connectivity index (χ0) is 22.5. The minimum Gasteiger partial charge on any atom is -0.462 e. The fraction of sp³-hybridized carbons (Fsp3) is 0.241. The lowest BCUT2D eigenvalue weighted by Gasteiger charge is -2.37. The summed E-state index contributed by atoms with van der Waals surface area (Å²) in [6.07, 6.45) is 12.2. The standard InChI is InChI=1S/C29H25NO3/c1-18-14-22(26-28(31)24-8-2-3-9-25(24)29(26)32)17-23(33-18)11-10-19-15-20-6-4-12-30-13-5-7-21(16-19)27(20)30/h2-3,8-11,14-17H,4-7,12-13H2,1H3/b11-10+. The van der Waals surface area contributed by atoms with Crippen LogP contribution < -0.4 is 4.90 Å². The number of nitrogens with zero attached hydrogens (tertiary/aromatic N) is 1. The summed E-state index contributed by atoms with van der Waals surface area (Å²) in [7, 11) is 0. The van der Waals surface area contributed by atoms with Crippen LogP contribution in [0.25, 0.3) is 6.08 Å². The molecule has 0 spiro atoms. The van der Waals surface area contributed by atoms with Gasteiger partial charge in [-0.3, -0.25) is 9.59 Å². The Balaban J connectivity index is 1.35. The number of rotatable bonds is 2. The highest BCUT2D eigenvalue weighted by Crippen LogP contribution is 2.37. The summed E-state index contributed by atoms with van der Waals surface area (Å²) in [6.45, 7) is 4.18. The molecule has 0 saturated carbocycles. The Morgan fingerprint density at radius 2 is 1.52 bits per heavy atom. The van der Waals surface area contributed by atoms with Crippen molar-refractivity contribution in [2.24, 2.45) is 0 Å². The molecule has 4 aliphatic rings. The Kier molecular flexibility index (Phi) is 4.68. The SMILES string of the molecule is CC1=CC(=C2C(=O)c3ccccc3C2=O)C=C(/C=C/c2cc3c4c(c2)CCCN4CCC3)O1. The van der Waals surface area contributed by atoms with E-state index in [1.165, 1.54) is 48.3 Å². The van der Waals surface area contributed by atoms with Crippen LogP contribution in [0.2, 0.25) is 0 Å². The molecule has 4 heteroatoms. The molecule has 0 atom stereocenters. The number of aryl methyl sites for hydroxylation is 2. The molecule has 0 fully saturated rings. The van der Waals surface area contributed by atoms with Crippen molar-refractivity contribution in [3.8, 4) is 0 Å². The second kappa shape index (κ2) is 7.73. The predicted octanol–water partition coefficient (Wildman–Crippen LogP) is 5.59. The molecular weight excluding hydrogens is 410 g/mol. The van der Waals surface area contributed by atoms with Gasteiger partial charge in [-0.05, 0) is 85.2 Å². The van der Waals surface area contributed by atoms with E-state index in [4.69, 9.17) is 4.74 Å². The van der Waals surface area contributed by atoms with E-state index < -0.39 is 0 Å². The van der Waals surface area contributed by atoms with E-state index in [1.807, 2.05) is 13.0 Å². The molecule has 0 unspecified atom stereocenters. The Bertz CT molecular complexity index is 1270. The number of fused-ring (bicyclic) bond motifs is 1. The molecule has 6 rings (SSSR count). The van der Waals surface area contributed by atoms with Gasteiger partial charge in [-0.15, -0.1) is 0 Å². The molecule has 0 saturated heterocycles. The number of ketones is 2. The number of hydrogen-bond donors (Lipinski definition) is 0. The van der Waals surface area contributed by atoms with Gasteiger partial charge in [0.15, 0.2) is 11.6 Å². The van der Waals surface area contributed by atoms with Crippen molar-refractivity contribution in [1.82, 2.24) is 0 Å². The number of anilines is 1. The monoisotopic (exact) mass is 435 g/mol. The average molecular weight is 436 g/mol. The first kappa shape index (κ1) is 20.0. The van der Waals surface area contributed by atoms with E-state index >= 15 is 0 Å². The molecule has 0 radical (unpaired) electrons. The predicted molar refractivity (Wildman–Crippen MR) is 129 cm³/mol. The first-order valence-electron chi connectivity index (χ1n) is 11.7. The van der Waals surface area contributed by atoms with Gasteiger partial charge in [0.1, 0.15) is 11.5 Å². The smallest absolute Gasteiger partial charge is 0.198 e. The van der Waals surface area contributed by atoms with E-state index in [2.05, 4.69) is 23.1 Å². The third-order valence-electron chi connectivity index (χ3n) is 6.89. The molecule has 33 heavy (non-hydrogen) atoms. The van der Waals surface area contributed by atoms with E-state index in [9.17, 15) is 9.59 Å². The van der Waals surface area contributed by atoms with E-state index in [-0.39, 0.29) is 17.1 Å². The second-order valence-corrected chi connectivity index (χ2v) is 9.15. The van der Waals surface area contributed by atoms with E-state index in [0.29, 0.717) is 28.2 Å². The maximum absolute atomic E-state index is 12.9. The lowest BCUT2D eigenvalue weighted by atomic mass is 9.90. The first-order valence-corrected chi connectivity index (χ1v) is 11.7. The minimum absolute atomic E-state index is 0.213. The molecule has 2 aromatic rings. The minimum atomic E-state index is -0.213. The van der Waals surface area contributed by atoms with Crippen LogP contribution in [0.4, 0.5) is 5.69 Å².